The SMILES string of the molecule is Cc1ccc(C(=O)NN[C@@H](C(N)=O)c2ccccc2)cc1. The van der Waals surface area contributed by atoms with Gasteiger partial charge in [0.05, 0.1) is 0 Å². The van der Waals surface area contributed by atoms with Crippen LogP contribution < -0.4 is 16.6 Å². The van der Waals surface area contributed by atoms with Gasteiger partial charge in [-0.25, -0.2) is 5.43 Å². The fourth-order valence-electron chi connectivity index (χ4n) is 1.88. The van der Waals surface area contributed by atoms with Gasteiger partial charge in [0.2, 0.25) is 5.91 Å². The van der Waals surface area contributed by atoms with E-state index in [0.717, 1.165) is 5.56 Å². The molecule has 0 bridgehead atoms. The molecule has 2 amide bonds. The van der Waals surface area contributed by atoms with Crippen LogP contribution in [0.5, 0.6) is 0 Å². The van der Waals surface area contributed by atoms with Crippen molar-refractivity contribution in [1.82, 2.24) is 10.9 Å². The van der Waals surface area contributed by atoms with Gasteiger partial charge in [-0.3, -0.25) is 15.0 Å². The van der Waals surface area contributed by atoms with Crippen LogP contribution in [0.25, 0.3) is 0 Å². The molecule has 4 N–H and O–H groups in total. The second-order valence-corrected chi connectivity index (χ2v) is 4.71. The Labute approximate surface area is 123 Å². The number of primary amides is 1. The Balaban J connectivity index is 2.04. The van der Waals surface area contributed by atoms with E-state index < -0.39 is 11.9 Å². The van der Waals surface area contributed by atoms with E-state index in [2.05, 4.69) is 10.9 Å². The average molecular weight is 283 g/mol. The predicted molar refractivity (Wildman–Crippen MR) is 80.2 cm³/mol. The molecule has 5 heteroatoms. The number of hydrogen-bond acceptors (Lipinski definition) is 3. The maximum atomic E-state index is 12.0. The Morgan fingerprint density at radius 2 is 1.62 bits per heavy atom. The summed E-state index contributed by atoms with van der Waals surface area (Å²) in [6.07, 6.45) is 0. The molecule has 0 unspecified atom stereocenters. The van der Waals surface area contributed by atoms with E-state index in [1.807, 2.05) is 25.1 Å². The Morgan fingerprint density at radius 1 is 1.00 bits per heavy atom. The molecule has 0 aliphatic heterocycles. The van der Waals surface area contributed by atoms with Gasteiger partial charge in [0.25, 0.3) is 5.91 Å². The Morgan fingerprint density at radius 3 is 2.19 bits per heavy atom. The van der Waals surface area contributed by atoms with Crippen molar-refractivity contribution in [2.75, 3.05) is 0 Å². The summed E-state index contributed by atoms with van der Waals surface area (Å²) >= 11 is 0. The summed E-state index contributed by atoms with van der Waals surface area (Å²) in [5.41, 5.74) is 12.8. The van der Waals surface area contributed by atoms with Crippen LogP contribution in [0.4, 0.5) is 0 Å². The van der Waals surface area contributed by atoms with Crippen LogP contribution in [-0.4, -0.2) is 11.8 Å². The zero-order valence-corrected chi connectivity index (χ0v) is 11.7. The van der Waals surface area contributed by atoms with Crippen molar-refractivity contribution in [1.29, 1.82) is 0 Å². The summed E-state index contributed by atoms with van der Waals surface area (Å²) in [6.45, 7) is 1.94. The molecule has 2 aromatic carbocycles. The topological polar surface area (TPSA) is 84.2 Å². The third kappa shape index (κ3) is 3.90. The van der Waals surface area contributed by atoms with E-state index in [1.165, 1.54) is 0 Å². The highest BCUT2D eigenvalue weighted by atomic mass is 16.2. The quantitative estimate of drug-likeness (QED) is 0.726. The van der Waals surface area contributed by atoms with Crippen molar-refractivity contribution in [3.63, 3.8) is 0 Å². The van der Waals surface area contributed by atoms with Crippen molar-refractivity contribution in [2.45, 2.75) is 13.0 Å². The number of hydrazine groups is 1. The summed E-state index contributed by atoms with van der Waals surface area (Å²) < 4.78 is 0. The lowest BCUT2D eigenvalue weighted by atomic mass is 10.1. The van der Waals surface area contributed by atoms with Gasteiger partial charge >= 0.3 is 0 Å². The normalized spacial score (nSPS) is 11.7. The number of rotatable bonds is 5. The van der Waals surface area contributed by atoms with Crippen LogP contribution in [0.3, 0.4) is 0 Å². The first-order valence-corrected chi connectivity index (χ1v) is 6.54. The predicted octanol–water partition coefficient (Wildman–Crippen LogP) is 1.46. The molecular formula is C16H17N3O2. The van der Waals surface area contributed by atoms with E-state index in [0.29, 0.717) is 11.1 Å². The molecule has 0 aliphatic rings. The Bertz CT molecular complexity index is 624. The molecule has 2 aromatic rings. The summed E-state index contributed by atoms with van der Waals surface area (Å²) in [7, 11) is 0. The highest BCUT2D eigenvalue weighted by molar-refractivity contribution is 5.94. The number of carbonyl (C=O) groups is 2. The highest BCUT2D eigenvalue weighted by Crippen LogP contribution is 2.11. The highest BCUT2D eigenvalue weighted by Gasteiger charge is 2.18. The zero-order valence-electron chi connectivity index (χ0n) is 11.7. The largest absolute Gasteiger partial charge is 0.368 e. The lowest BCUT2D eigenvalue weighted by Gasteiger charge is -2.16. The molecular weight excluding hydrogens is 266 g/mol. The Kier molecular flexibility index (Phi) is 4.68. The van der Waals surface area contributed by atoms with Crippen molar-refractivity contribution in [3.8, 4) is 0 Å². The number of amides is 2. The molecule has 0 spiro atoms. The number of carbonyl (C=O) groups excluding carboxylic acids is 2. The van der Waals surface area contributed by atoms with E-state index in [1.54, 1.807) is 36.4 Å². The third-order valence-electron chi connectivity index (χ3n) is 3.06. The van der Waals surface area contributed by atoms with Crippen LogP contribution in [0.15, 0.2) is 54.6 Å². The van der Waals surface area contributed by atoms with Gasteiger partial charge < -0.3 is 5.73 Å². The van der Waals surface area contributed by atoms with Gasteiger partial charge in [-0.2, -0.15) is 0 Å². The minimum absolute atomic E-state index is 0.322. The number of nitrogens with two attached hydrogens (primary N) is 1. The maximum absolute atomic E-state index is 12.0. The molecule has 21 heavy (non-hydrogen) atoms. The van der Waals surface area contributed by atoms with Crippen molar-refractivity contribution < 1.29 is 9.59 Å². The molecule has 0 aromatic heterocycles. The molecule has 108 valence electrons. The zero-order chi connectivity index (χ0) is 15.2. The van der Waals surface area contributed by atoms with Gasteiger partial charge in [0, 0.05) is 5.56 Å². The number of benzene rings is 2. The molecule has 5 nitrogen and oxygen atoms in total. The smallest absolute Gasteiger partial charge is 0.265 e. The number of hydrogen-bond donors (Lipinski definition) is 3. The van der Waals surface area contributed by atoms with Crippen molar-refractivity contribution in [3.05, 3.63) is 71.3 Å². The molecule has 0 saturated carbocycles. The minimum atomic E-state index is -0.777. The molecule has 0 aliphatic carbocycles. The van der Waals surface area contributed by atoms with E-state index in [9.17, 15) is 9.59 Å². The molecule has 1 atom stereocenters. The second kappa shape index (κ2) is 6.67. The van der Waals surface area contributed by atoms with Crippen molar-refractivity contribution in [2.24, 2.45) is 5.73 Å². The van der Waals surface area contributed by atoms with Gasteiger partial charge in [-0.1, -0.05) is 48.0 Å². The van der Waals surface area contributed by atoms with Crippen LogP contribution in [0.1, 0.15) is 27.5 Å². The molecule has 0 heterocycles. The fraction of sp³-hybridized carbons (Fsp3) is 0.125. The van der Waals surface area contributed by atoms with E-state index >= 15 is 0 Å². The standard InChI is InChI=1S/C16H17N3O2/c1-11-7-9-13(10-8-11)16(21)19-18-14(15(17)20)12-5-3-2-4-6-12/h2-10,14,18H,1H3,(H2,17,20)(H,19,21)/t14-/m1/s1. The first-order valence-electron chi connectivity index (χ1n) is 6.54. The summed E-state index contributed by atoms with van der Waals surface area (Å²) in [5.74, 6) is -0.886. The molecule has 0 radical (unpaired) electrons. The van der Waals surface area contributed by atoms with E-state index in [-0.39, 0.29) is 5.91 Å². The lowest BCUT2D eigenvalue weighted by Crippen LogP contribution is -2.45. The van der Waals surface area contributed by atoms with Crippen LogP contribution >= 0.6 is 0 Å². The summed E-state index contributed by atoms with van der Waals surface area (Å²) in [6, 6.07) is 15.3. The summed E-state index contributed by atoms with van der Waals surface area (Å²) in [5, 5.41) is 0. The molecule has 0 fully saturated rings. The number of aryl methyl sites for hydroxylation is 1. The molecule has 2 rings (SSSR count). The van der Waals surface area contributed by atoms with Crippen LogP contribution in [0, 0.1) is 6.92 Å². The Hall–Kier alpha value is -2.66. The first-order chi connectivity index (χ1) is 10.1. The van der Waals surface area contributed by atoms with E-state index in [4.69, 9.17) is 5.73 Å². The van der Waals surface area contributed by atoms with Gasteiger partial charge in [-0.05, 0) is 24.6 Å². The van der Waals surface area contributed by atoms with Crippen LogP contribution in [-0.2, 0) is 4.79 Å². The molecule has 0 saturated heterocycles. The van der Waals surface area contributed by atoms with Crippen molar-refractivity contribution >= 4 is 11.8 Å². The van der Waals surface area contributed by atoms with Gasteiger partial charge in [0.1, 0.15) is 6.04 Å². The second-order valence-electron chi connectivity index (χ2n) is 4.71. The average Bonchev–Trinajstić information content (AvgIpc) is 2.48. The monoisotopic (exact) mass is 283 g/mol. The summed E-state index contributed by atoms with van der Waals surface area (Å²) in [4.78, 5) is 23.5. The van der Waals surface area contributed by atoms with Gasteiger partial charge in [-0.15, -0.1) is 0 Å². The van der Waals surface area contributed by atoms with Crippen LogP contribution in [0.2, 0.25) is 0 Å². The lowest BCUT2D eigenvalue weighted by molar-refractivity contribution is -0.120. The minimum Gasteiger partial charge on any atom is -0.368 e. The maximum Gasteiger partial charge on any atom is 0.265 e. The number of nitrogens with one attached hydrogen (secondary N) is 2. The first kappa shape index (κ1) is 14.7. The van der Waals surface area contributed by atoms with Gasteiger partial charge in [0.15, 0.2) is 0 Å². The third-order valence-corrected chi connectivity index (χ3v) is 3.06. The fourth-order valence-corrected chi connectivity index (χ4v) is 1.88.